The molecule has 21 heavy (non-hydrogen) atoms. The zero-order valence-corrected chi connectivity index (χ0v) is 11.8. The van der Waals surface area contributed by atoms with E-state index in [0.717, 1.165) is 5.56 Å². The van der Waals surface area contributed by atoms with Gasteiger partial charge in [-0.15, -0.1) is 0 Å². The average Bonchev–Trinajstić information content (AvgIpc) is 2.45. The van der Waals surface area contributed by atoms with E-state index in [0.29, 0.717) is 24.6 Å². The molecule has 0 bridgehead atoms. The van der Waals surface area contributed by atoms with Gasteiger partial charge in [-0.1, -0.05) is 6.07 Å². The third-order valence-electron chi connectivity index (χ3n) is 3.08. The Morgan fingerprint density at radius 1 is 1.57 bits per heavy atom. The molecule has 0 aromatic heterocycles. The minimum Gasteiger partial charge on any atom is -0.482 e. The van der Waals surface area contributed by atoms with Crippen LogP contribution in [-0.2, 0) is 14.3 Å². The number of rotatable bonds is 7. The first kappa shape index (κ1) is 15.3. The fourth-order valence-corrected chi connectivity index (χ4v) is 2.01. The summed E-state index contributed by atoms with van der Waals surface area (Å²) in [6, 6.07) is 5.74. The number of nitrogens with two attached hydrogens (primary N) is 1. The Labute approximate surface area is 122 Å². The predicted molar refractivity (Wildman–Crippen MR) is 77.0 cm³/mol. The maximum Gasteiger partial charge on any atom is 0.262 e. The quantitative estimate of drug-likeness (QED) is 0.622. The molecule has 114 valence electrons. The van der Waals surface area contributed by atoms with E-state index in [-0.39, 0.29) is 25.2 Å². The lowest BCUT2D eigenvalue weighted by atomic mass is 10.1. The van der Waals surface area contributed by atoms with Crippen molar-refractivity contribution in [3.05, 3.63) is 23.8 Å². The lowest BCUT2D eigenvalue weighted by molar-refractivity contribution is -0.122. The van der Waals surface area contributed by atoms with E-state index in [1.165, 1.54) is 0 Å². The maximum absolute atomic E-state index is 11.3. The molecule has 7 nitrogen and oxygen atoms in total. The molecule has 1 aromatic carbocycles. The van der Waals surface area contributed by atoms with Crippen LogP contribution >= 0.6 is 0 Å². The Kier molecular flexibility index (Phi) is 5.13. The fraction of sp³-hybridized carbons (Fsp3) is 0.429. The number of anilines is 1. The topological polar surface area (TPSA) is 103 Å². The van der Waals surface area contributed by atoms with Gasteiger partial charge in [-0.2, -0.15) is 0 Å². The van der Waals surface area contributed by atoms with Crippen molar-refractivity contribution in [2.45, 2.75) is 13.0 Å². The number of benzene rings is 1. The first-order chi connectivity index (χ1) is 10.1. The van der Waals surface area contributed by atoms with Crippen LogP contribution in [0.2, 0.25) is 0 Å². The van der Waals surface area contributed by atoms with Crippen LogP contribution in [0.1, 0.15) is 18.5 Å². The normalized spacial score (nSPS) is 14.8. The standard InChI is InChI=1S/C14H19N3O4/c1-9(16-4-5-20-7-13(15)18)10-2-3-12-11(6-10)17-14(19)8-21-12/h2-3,6,9,16H,4-5,7-8H2,1H3,(H2,15,18)(H,17,19). The smallest absolute Gasteiger partial charge is 0.262 e. The molecule has 0 saturated carbocycles. The SMILES string of the molecule is CC(NCCOCC(N)=O)c1ccc2c(c1)NC(=O)CO2. The highest BCUT2D eigenvalue weighted by Crippen LogP contribution is 2.30. The molecule has 4 N–H and O–H groups in total. The number of primary amides is 1. The monoisotopic (exact) mass is 293 g/mol. The van der Waals surface area contributed by atoms with Crippen LogP contribution in [0.25, 0.3) is 0 Å². The summed E-state index contributed by atoms with van der Waals surface area (Å²) in [7, 11) is 0. The summed E-state index contributed by atoms with van der Waals surface area (Å²) in [6.07, 6.45) is 0. The average molecular weight is 293 g/mol. The minimum atomic E-state index is -0.478. The van der Waals surface area contributed by atoms with Crippen LogP contribution in [0.5, 0.6) is 5.75 Å². The van der Waals surface area contributed by atoms with Crippen LogP contribution in [0.15, 0.2) is 18.2 Å². The van der Waals surface area contributed by atoms with E-state index in [2.05, 4.69) is 10.6 Å². The number of carbonyl (C=O) groups is 2. The van der Waals surface area contributed by atoms with Gasteiger partial charge in [-0.3, -0.25) is 9.59 Å². The lowest BCUT2D eigenvalue weighted by Crippen LogP contribution is -2.27. The Morgan fingerprint density at radius 3 is 3.14 bits per heavy atom. The minimum absolute atomic E-state index is 0.0529. The summed E-state index contributed by atoms with van der Waals surface area (Å²) in [5.41, 5.74) is 6.68. The van der Waals surface area contributed by atoms with E-state index in [1.807, 2.05) is 25.1 Å². The molecule has 0 spiro atoms. The molecule has 1 unspecified atom stereocenters. The number of ether oxygens (including phenoxy) is 2. The highest BCUT2D eigenvalue weighted by atomic mass is 16.5. The molecule has 0 saturated heterocycles. The number of carbonyl (C=O) groups excluding carboxylic acids is 2. The van der Waals surface area contributed by atoms with E-state index in [4.69, 9.17) is 15.2 Å². The maximum atomic E-state index is 11.3. The first-order valence-electron chi connectivity index (χ1n) is 6.72. The third-order valence-corrected chi connectivity index (χ3v) is 3.08. The van der Waals surface area contributed by atoms with E-state index < -0.39 is 5.91 Å². The van der Waals surface area contributed by atoms with Gasteiger partial charge >= 0.3 is 0 Å². The number of hydrogen-bond donors (Lipinski definition) is 3. The van der Waals surface area contributed by atoms with E-state index in [9.17, 15) is 9.59 Å². The van der Waals surface area contributed by atoms with Gasteiger partial charge in [0.05, 0.1) is 12.3 Å². The molecule has 1 atom stereocenters. The molecule has 2 amide bonds. The van der Waals surface area contributed by atoms with Crippen LogP contribution in [0.4, 0.5) is 5.69 Å². The van der Waals surface area contributed by atoms with Gasteiger partial charge in [-0.25, -0.2) is 0 Å². The second-order valence-corrected chi connectivity index (χ2v) is 4.79. The van der Waals surface area contributed by atoms with Crippen molar-refractivity contribution in [3.63, 3.8) is 0 Å². The number of fused-ring (bicyclic) bond motifs is 1. The van der Waals surface area contributed by atoms with Crippen molar-refractivity contribution in [1.82, 2.24) is 5.32 Å². The summed E-state index contributed by atoms with van der Waals surface area (Å²) in [5.74, 6) is 0.0453. The molecule has 7 heteroatoms. The number of amides is 2. The number of hydrogen-bond acceptors (Lipinski definition) is 5. The molecule has 0 aliphatic carbocycles. The molecular formula is C14H19N3O4. The molecule has 0 fully saturated rings. The summed E-state index contributed by atoms with van der Waals surface area (Å²) >= 11 is 0. The summed E-state index contributed by atoms with van der Waals surface area (Å²) in [6.45, 7) is 2.98. The molecule has 0 radical (unpaired) electrons. The highest BCUT2D eigenvalue weighted by molar-refractivity contribution is 5.95. The second-order valence-electron chi connectivity index (χ2n) is 4.79. The van der Waals surface area contributed by atoms with Gasteiger partial charge in [0.15, 0.2) is 6.61 Å². The molecule has 2 rings (SSSR count). The van der Waals surface area contributed by atoms with Gasteiger partial charge < -0.3 is 25.8 Å². The lowest BCUT2D eigenvalue weighted by Gasteiger charge is -2.21. The molecule has 1 aromatic rings. The highest BCUT2D eigenvalue weighted by Gasteiger charge is 2.17. The Hall–Kier alpha value is -2.12. The second kappa shape index (κ2) is 7.05. The summed E-state index contributed by atoms with van der Waals surface area (Å²) in [5, 5.41) is 6.04. The van der Waals surface area contributed by atoms with Gasteiger partial charge in [0.2, 0.25) is 5.91 Å². The molecule has 1 aliphatic rings. The zero-order chi connectivity index (χ0) is 15.2. The fourth-order valence-electron chi connectivity index (χ4n) is 2.01. The van der Waals surface area contributed by atoms with Gasteiger partial charge in [0.25, 0.3) is 5.91 Å². The van der Waals surface area contributed by atoms with Crippen LogP contribution < -0.4 is 21.1 Å². The van der Waals surface area contributed by atoms with Crippen molar-refractivity contribution in [2.24, 2.45) is 5.73 Å². The Balaban J connectivity index is 1.85. The van der Waals surface area contributed by atoms with Gasteiger partial charge in [0, 0.05) is 12.6 Å². The first-order valence-corrected chi connectivity index (χ1v) is 6.72. The van der Waals surface area contributed by atoms with Crippen molar-refractivity contribution in [1.29, 1.82) is 0 Å². The largest absolute Gasteiger partial charge is 0.482 e. The molecular weight excluding hydrogens is 274 g/mol. The van der Waals surface area contributed by atoms with E-state index in [1.54, 1.807) is 0 Å². The van der Waals surface area contributed by atoms with Crippen LogP contribution in [0, 0.1) is 0 Å². The van der Waals surface area contributed by atoms with E-state index >= 15 is 0 Å². The Bertz CT molecular complexity index is 533. The Morgan fingerprint density at radius 2 is 2.38 bits per heavy atom. The van der Waals surface area contributed by atoms with Crippen molar-refractivity contribution in [3.8, 4) is 5.75 Å². The van der Waals surface area contributed by atoms with Gasteiger partial charge in [-0.05, 0) is 24.6 Å². The van der Waals surface area contributed by atoms with Crippen LogP contribution in [0.3, 0.4) is 0 Å². The summed E-state index contributed by atoms with van der Waals surface area (Å²) < 4.78 is 10.4. The molecule has 1 heterocycles. The van der Waals surface area contributed by atoms with Crippen molar-refractivity contribution in [2.75, 3.05) is 31.7 Å². The van der Waals surface area contributed by atoms with Gasteiger partial charge in [0.1, 0.15) is 12.4 Å². The zero-order valence-electron chi connectivity index (χ0n) is 11.8. The molecule has 1 aliphatic heterocycles. The van der Waals surface area contributed by atoms with Crippen LogP contribution in [-0.4, -0.2) is 38.2 Å². The predicted octanol–water partition coefficient (Wildman–Crippen LogP) is 0.170. The summed E-state index contributed by atoms with van der Waals surface area (Å²) in [4.78, 5) is 21.8. The third kappa shape index (κ3) is 4.44. The van der Waals surface area contributed by atoms with Crippen molar-refractivity contribution >= 4 is 17.5 Å². The number of nitrogens with one attached hydrogen (secondary N) is 2. The van der Waals surface area contributed by atoms with Crippen molar-refractivity contribution < 1.29 is 19.1 Å².